The smallest absolute Gasteiger partial charge is 0.0564 e. The van der Waals surface area contributed by atoms with Gasteiger partial charge in [0, 0.05) is 0 Å². The van der Waals surface area contributed by atoms with Crippen molar-refractivity contribution in [3.05, 3.63) is 0 Å². The van der Waals surface area contributed by atoms with Crippen molar-refractivity contribution in [3.63, 3.8) is 0 Å². The molecular formula is C15H42. The van der Waals surface area contributed by atoms with Crippen molar-refractivity contribution >= 4 is 0 Å². The molecule has 0 bridgehead atoms. The first-order chi connectivity index (χ1) is 6.16. The van der Waals surface area contributed by atoms with Crippen LogP contribution in [0, 0.1) is 0 Å². The van der Waals surface area contributed by atoms with Crippen molar-refractivity contribution in [2.75, 3.05) is 0 Å². The van der Waals surface area contributed by atoms with E-state index in [0.717, 1.165) is 0 Å². The summed E-state index contributed by atoms with van der Waals surface area (Å²) in [5.41, 5.74) is 0. The Morgan fingerprint density at radius 3 is 0.467 bits per heavy atom. The van der Waals surface area contributed by atoms with Gasteiger partial charge in [0.25, 0.3) is 0 Å². The Labute approximate surface area is 103 Å². The highest BCUT2D eigenvalue weighted by atomic mass is 13.6. The molecule has 0 saturated heterocycles. The van der Waals surface area contributed by atoms with Crippen molar-refractivity contribution in [2.24, 2.45) is 0 Å². The molecule has 0 rings (SSSR count). The van der Waals surface area contributed by atoms with Crippen LogP contribution < -0.4 is 0 Å². The van der Waals surface area contributed by atoms with E-state index in [2.05, 4.69) is 55.4 Å². The van der Waals surface area contributed by atoms with E-state index in [1.54, 1.807) is 0 Å². The minimum atomic E-state index is 0. The monoisotopic (exact) mass is 222 g/mol. The molecule has 0 aromatic heterocycles. The molecule has 0 aromatic carbocycles. The molecule has 0 spiro atoms. The first kappa shape index (κ1) is 36.3. The SMILES string of the molecule is C.C.CCC.CCC.CCC.CCCC. The van der Waals surface area contributed by atoms with Gasteiger partial charge in [-0.05, 0) is 0 Å². The molecule has 0 amide bonds. The van der Waals surface area contributed by atoms with Crippen LogP contribution in [0.1, 0.15) is 102 Å². The van der Waals surface area contributed by atoms with Gasteiger partial charge in [0.2, 0.25) is 0 Å². The average Bonchev–Trinajstić information content (AvgIpc) is 2.08. The molecule has 0 fully saturated rings. The minimum Gasteiger partial charge on any atom is -0.0776 e. The predicted octanol–water partition coefficient (Wildman–Crippen LogP) is 7.33. The van der Waals surface area contributed by atoms with Gasteiger partial charge in [0.15, 0.2) is 0 Å². The summed E-state index contributed by atoms with van der Waals surface area (Å²) in [7, 11) is 0. The van der Waals surface area contributed by atoms with Gasteiger partial charge in [0.05, 0.1) is 0 Å². The molecule has 102 valence electrons. The Kier molecular flexibility index (Phi) is 229. The Morgan fingerprint density at radius 1 is 0.400 bits per heavy atom. The highest BCUT2D eigenvalue weighted by molar-refractivity contribution is 4.12. The van der Waals surface area contributed by atoms with Gasteiger partial charge in [0.1, 0.15) is 0 Å². The van der Waals surface area contributed by atoms with Gasteiger partial charge in [-0.2, -0.15) is 0 Å². The Balaban J connectivity index is -0.0000000174. The third kappa shape index (κ3) is 2020. The normalized spacial score (nSPS) is 5.60. The molecule has 0 saturated carbocycles. The molecule has 0 heteroatoms. The summed E-state index contributed by atoms with van der Waals surface area (Å²) in [6, 6.07) is 0. The minimum absolute atomic E-state index is 0. The fourth-order valence-corrected chi connectivity index (χ4v) is 0. The third-order valence-electron chi connectivity index (χ3n) is 0.500. The van der Waals surface area contributed by atoms with Gasteiger partial charge < -0.3 is 0 Å². The van der Waals surface area contributed by atoms with Crippen molar-refractivity contribution in [3.8, 4) is 0 Å². The molecule has 0 aromatic rings. The first-order valence-corrected chi connectivity index (χ1v) is 6.16. The molecular weight excluding hydrogens is 180 g/mol. The zero-order valence-electron chi connectivity index (χ0n) is 11.5. The predicted molar refractivity (Wildman–Crippen MR) is 81.9 cm³/mol. The van der Waals surface area contributed by atoms with Crippen molar-refractivity contribution in [1.29, 1.82) is 0 Å². The summed E-state index contributed by atoms with van der Waals surface area (Å²) in [6.07, 6.45) is 6.39. The van der Waals surface area contributed by atoms with E-state index in [4.69, 9.17) is 0 Å². The van der Waals surface area contributed by atoms with Gasteiger partial charge in [-0.1, -0.05) is 102 Å². The summed E-state index contributed by atoms with van der Waals surface area (Å²) in [4.78, 5) is 0. The van der Waals surface area contributed by atoms with Crippen molar-refractivity contribution < 1.29 is 0 Å². The summed E-state index contributed by atoms with van der Waals surface area (Å²) < 4.78 is 0. The third-order valence-corrected chi connectivity index (χ3v) is 0.500. The maximum absolute atomic E-state index is 2.18. The molecule has 0 nitrogen and oxygen atoms in total. The largest absolute Gasteiger partial charge is 0.0776 e. The molecule has 0 radical (unpaired) electrons. The van der Waals surface area contributed by atoms with E-state index in [-0.39, 0.29) is 14.9 Å². The van der Waals surface area contributed by atoms with Gasteiger partial charge in [-0.3, -0.25) is 0 Å². The number of unbranched alkanes of at least 4 members (excludes halogenated alkanes) is 1. The van der Waals surface area contributed by atoms with E-state index in [1.165, 1.54) is 32.1 Å². The fourth-order valence-electron chi connectivity index (χ4n) is 0. The molecule has 0 N–H and O–H groups in total. The van der Waals surface area contributed by atoms with E-state index >= 15 is 0 Å². The highest BCUT2D eigenvalue weighted by Crippen LogP contribution is 1.76. The lowest BCUT2D eigenvalue weighted by Crippen LogP contribution is -1.47. The van der Waals surface area contributed by atoms with Gasteiger partial charge in [-0.15, -0.1) is 0 Å². The lowest BCUT2D eigenvalue weighted by atomic mass is 10.4. The fraction of sp³-hybridized carbons (Fsp3) is 1.00. The van der Waals surface area contributed by atoms with E-state index in [9.17, 15) is 0 Å². The second-order valence-electron chi connectivity index (χ2n) is 3.12. The van der Waals surface area contributed by atoms with Crippen LogP contribution in [0.5, 0.6) is 0 Å². The molecule has 0 aliphatic carbocycles. The van der Waals surface area contributed by atoms with Gasteiger partial charge >= 0.3 is 0 Å². The van der Waals surface area contributed by atoms with E-state index in [0.29, 0.717) is 0 Å². The highest BCUT2D eigenvalue weighted by Gasteiger charge is 1.56. The van der Waals surface area contributed by atoms with Crippen LogP contribution >= 0.6 is 0 Å². The maximum Gasteiger partial charge on any atom is -0.0564 e. The molecule has 0 heterocycles. The molecule has 0 atom stereocenters. The number of hydrogen-bond donors (Lipinski definition) is 0. The van der Waals surface area contributed by atoms with Crippen LogP contribution in [0.15, 0.2) is 0 Å². The molecule has 0 aliphatic rings. The summed E-state index contributed by atoms with van der Waals surface area (Å²) in [5, 5.41) is 0. The second-order valence-corrected chi connectivity index (χ2v) is 3.12. The number of rotatable bonds is 1. The Hall–Kier alpha value is 0. The Bertz CT molecular complexity index is 16.5. The summed E-state index contributed by atoms with van der Waals surface area (Å²) in [5.74, 6) is 0. The lowest BCUT2D eigenvalue weighted by Gasteiger charge is -1.68. The quantitative estimate of drug-likeness (QED) is 0.436. The van der Waals surface area contributed by atoms with Crippen LogP contribution in [-0.2, 0) is 0 Å². The standard InChI is InChI=1S/C4H10.3C3H8.2CH4/c1-3-4-2;3*1-3-2;;/h3-4H2,1-2H3;3*3H2,1-2H3;2*1H4. The second kappa shape index (κ2) is 94.6. The van der Waals surface area contributed by atoms with E-state index in [1.807, 2.05) is 0 Å². The first-order valence-electron chi connectivity index (χ1n) is 6.16. The lowest BCUT2D eigenvalue weighted by molar-refractivity contribution is 0.886. The zero-order chi connectivity index (χ0) is 11.5. The molecule has 0 aliphatic heterocycles. The van der Waals surface area contributed by atoms with Crippen molar-refractivity contribution in [2.45, 2.75) is 102 Å². The number of hydrogen-bond acceptors (Lipinski definition) is 0. The van der Waals surface area contributed by atoms with Crippen LogP contribution in [0.4, 0.5) is 0 Å². The van der Waals surface area contributed by atoms with E-state index < -0.39 is 0 Å². The van der Waals surface area contributed by atoms with Crippen LogP contribution in [0.3, 0.4) is 0 Å². The Morgan fingerprint density at radius 2 is 0.467 bits per heavy atom. The zero-order valence-corrected chi connectivity index (χ0v) is 11.5. The molecule has 0 unspecified atom stereocenters. The summed E-state index contributed by atoms with van der Waals surface area (Å²) >= 11 is 0. The van der Waals surface area contributed by atoms with Gasteiger partial charge in [-0.25, -0.2) is 0 Å². The summed E-state index contributed by atoms with van der Waals surface area (Å²) in [6.45, 7) is 17.1. The maximum atomic E-state index is 2.18. The topological polar surface area (TPSA) is 0 Å². The van der Waals surface area contributed by atoms with Crippen molar-refractivity contribution in [1.82, 2.24) is 0 Å². The molecule has 15 heavy (non-hydrogen) atoms. The van der Waals surface area contributed by atoms with Crippen LogP contribution in [0.2, 0.25) is 0 Å². The van der Waals surface area contributed by atoms with Crippen LogP contribution in [-0.4, -0.2) is 0 Å². The average molecular weight is 223 g/mol. The van der Waals surface area contributed by atoms with Crippen LogP contribution in [0.25, 0.3) is 0 Å².